The lowest BCUT2D eigenvalue weighted by atomic mass is 9.98. The monoisotopic (exact) mass is 556 g/mol. The molecule has 0 spiro atoms. The normalized spacial score (nSPS) is 16.4. The Morgan fingerprint density at radius 1 is 1.25 bits per heavy atom. The molecule has 10 nitrogen and oxygen atoms in total. The van der Waals surface area contributed by atoms with E-state index in [1.807, 2.05) is 67.7 Å². The van der Waals surface area contributed by atoms with Gasteiger partial charge in [-0.2, -0.15) is 10.4 Å². The number of piperidine rings is 1. The number of amides is 2. The zero-order chi connectivity index (χ0) is 28.4. The summed E-state index contributed by atoms with van der Waals surface area (Å²) in [6.07, 6.45) is 6.82. The highest BCUT2D eigenvalue weighted by Crippen LogP contribution is 2.32. The second-order valence-corrected chi connectivity index (χ2v) is 11.7. The molecule has 0 radical (unpaired) electrons. The number of H-pyrrole nitrogens is 1. The Kier molecular flexibility index (Phi) is 7.56. The number of hydrogen-bond donors (Lipinski definition) is 2. The fraction of sp³-hybridized carbons (Fsp3) is 0.345. The predicted octanol–water partition coefficient (Wildman–Crippen LogP) is 4.69. The zero-order valence-electron chi connectivity index (χ0n) is 23.0. The Labute approximate surface area is 236 Å². The van der Waals surface area contributed by atoms with E-state index in [1.165, 1.54) is 11.3 Å². The Morgan fingerprint density at radius 2 is 2.05 bits per heavy atom. The Balaban J connectivity index is 1.42. The SMILES string of the molecule is CN(C)C(C)(C)C=C(C#N)C(=O)N1CCCC(n2c(NC(=O)c3ccc(-c4cn[nH]c4)s3)nc3ccccc32)C1. The first kappa shape index (κ1) is 27.3. The van der Waals surface area contributed by atoms with E-state index >= 15 is 0 Å². The van der Waals surface area contributed by atoms with Crippen LogP contribution in [0.25, 0.3) is 21.5 Å². The molecule has 40 heavy (non-hydrogen) atoms. The standard InChI is InChI=1S/C29H32N8O2S/c1-29(2,35(3)4)14-19(15-30)27(39)36-13-7-8-21(18-36)37-23-10-6-5-9-22(23)33-28(37)34-26(38)25-12-11-24(40-25)20-16-31-32-17-20/h5-6,9-12,14,16-17,21H,7-8,13,18H2,1-4H3,(H,31,32)(H,33,34,38). The van der Waals surface area contributed by atoms with E-state index in [4.69, 9.17) is 4.98 Å². The van der Waals surface area contributed by atoms with Gasteiger partial charge in [0.15, 0.2) is 0 Å². The summed E-state index contributed by atoms with van der Waals surface area (Å²) in [6.45, 7) is 4.91. The number of nitrogens with one attached hydrogen (secondary N) is 2. The average molecular weight is 557 g/mol. The molecule has 1 atom stereocenters. The summed E-state index contributed by atoms with van der Waals surface area (Å²) in [6, 6.07) is 13.4. The summed E-state index contributed by atoms with van der Waals surface area (Å²) in [7, 11) is 3.84. The average Bonchev–Trinajstić information content (AvgIpc) is 3.71. The lowest BCUT2D eigenvalue weighted by Gasteiger charge is -2.35. The number of imidazole rings is 1. The van der Waals surface area contributed by atoms with Crippen molar-refractivity contribution in [3.63, 3.8) is 0 Å². The molecule has 206 valence electrons. The molecule has 5 rings (SSSR count). The van der Waals surface area contributed by atoms with E-state index in [-0.39, 0.29) is 23.4 Å². The number of para-hydroxylation sites is 2. The van der Waals surface area contributed by atoms with E-state index in [9.17, 15) is 14.9 Å². The summed E-state index contributed by atoms with van der Waals surface area (Å²) in [4.78, 5) is 36.7. The van der Waals surface area contributed by atoms with Crippen molar-refractivity contribution in [2.75, 3.05) is 32.5 Å². The maximum atomic E-state index is 13.5. The van der Waals surface area contributed by atoms with Crippen molar-refractivity contribution in [1.82, 2.24) is 29.5 Å². The van der Waals surface area contributed by atoms with E-state index in [0.717, 1.165) is 34.3 Å². The highest BCUT2D eigenvalue weighted by atomic mass is 32.1. The van der Waals surface area contributed by atoms with Gasteiger partial charge in [0.1, 0.15) is 11.6 Å². The van der Waals surface area contributed by atoms with E-state index < -0.39 is 5.54 Å². The highest BCUT2D eigenvalue weighted by molar-refractivity contribution is 7.17. The van der Waals surface area contributed by atoms with Crippen LogP contribution in [0.2, 0.25) is 0 Å². The maximum absolute atomic E-state index is 13.5. The summed E-state index contributed by atoms with van der Waals surface area (Å²) in [5.41, 5.74) is 2.24. The summed E-state index contributed by atoms with van der Waals surface area (Å²) in [5.74, 6) is -0.0864. The quantitative estimate of drug-likeness (QED) is 0.251. The first-order valence-corrected chi connectivity index (χ1v) is 14.0. The fourth-order valence-electron chi connectivity index (χ4n) is 4.81. The van der Waals surface area contributed by atoms with Crippen LogP contribution in [0.5, 0.6) is 0 Å². The van der Waals surface area contributed by atoms with Gasteiger partial charge in [0.05, 0.1) is 28.1 Å². The first-order chi connectivity index (χ1) is 19.2. The van der Waals surface area contributed by atoms with E-state index in [0.29, 0.717) is 23.9 Å². The number of hydrogen-bond acceptors (Lipinski definition) is 7. The second kappa shape index (κ2) is 11.1. The Bertz CT molecular complexity index is 1610. The van der Waals surface area contributed by atoms with Gasteiger partial charge in [0.25, 0.3) is 11.8 Å². The molecule has 1 aliphatic rings. The van der Waals surface area contributed by atoms with Crippen LogP contribution in [0.4, 0.5) is 5.95 Å². The number of thiophene rings is 1. The molecule has 11 heteroatoms. The first-order valence-electron chi connectivity index (χ1n) is 13.1. The molecule has 0 aliphatic carbocycles. The summed E-state index contributed by atoms with van der Waals surface area (Å²) >= 11 is 1.38. The lowest BCUT2D eigenvalue weighted by Crippen LogP contribution is -2.42. The molecule has 0 bridgehead atoms. The summed E-state index contributed by atoms with van der Waals surface area (Å²) in [5, 5.41) is 19.6. The van der Waals surface area contributed by atoms with Gasteiger partial charge in [0.2, 0.25) is 5.95 Å². The van der Waals surface area contributed by atoms with Crippen LogP contribution in [-0.2, 0) is 4.79 Å². The number of rotatable bonds is 7. The molecular formula is C29H32N8O2S. The van der Waals surface area contributed by atoms with Crippen LogP contribution < -0.4 is 5.32 Å². The topological polar surface area (TPSA) is 123 Å². The molecular weight excluding hydrogens is 524 g/mol. The minimum Gasteiger partial charge on any atom is -0.336 e. The number of likely N-dealkylation sites (tertiary alicyclic amines) is 1. The number of carbonyl (C=O) groups excluding carboxylic acids is 2. The minimum absolute atomic E-state index is 0.118. The number of benzene rings is 1. The number of carbonyl (C=O) groups is 2. The van der Waals surface area contributed by atoms with Crippen molar-refractivity contribution in [2.45, 2.75) is 38.3 Å². The van der Waals surface area contributed by atoms with Gasteiger partial charge in [0, 0.05) is 35.3 Å². The third-order valence-corrected chi connectivity index (χ3v) is 8.62. The molecule has 2 N–H and O–H groups in total. The number of aromatic amines is 1. The molecule has 2 amide bonds. The number of fused-ring (bicyclic) bond motifs is 1. The summed E-state index contributed by atoms with van der Waals surface area (Å²) < 4.78 is 2.02. The molecule has 3 aromatic heterocycles. The molecule has 1 saturated heterocycles. The Hall–Kier alpha value is -4.27. The number of nitriles is 1. The smallest absolute Gasteiger partial charge is 0.268 e. The third-order valence-electron chi connectivity index (χ3n) is 7.48. The molecule has 1 fully saturated rings. The highest BCUT2D eigenvalue weighted by Gasteiger charge is 2.31. The van der Waals surface area contributed by atoms with Crippen molar-refractivity contribution in [3.8, 4) is 16.5 Å². The minimum atomic E-state index is -0.451. The van der Waals surface area contributed by atoms with E-state index in [1.54, 1.807) is 29.4 Å². The van der Waals surface area contributed by atoms with Gasteiger partial charge in [-0.1, -0.05) is 12.1 Å². The molecule has 4 heterocycles. The van der Waals surface area contributed by atoms with Crippen LogP contribution in [0.1, 0.15) is 42.4 Å². The molecule has 0 saturated carbocycles. The van der Waals surface area contributed by atoms with Crippen LogP contribution in [0, 0.1) is 11.3 Å². The van der Waals surface area contributed by atoms with Gasteiger partial charge in [-0.25, -0.2) is 4.98 Å². The van der Waals surface area contributed by atoms with Crippen molar-refractivity contribution in [2.24, 2.45) is 0 Å². The maximum Gasteiger partial charge on any atom is 0.268 e. The lowest BCUT2D eigenvalue weighted by molar-refractivity contribution is -0.128. The number of nitrogens with zero attached hydrogens (tertiary/aromatic N) is 6. The van der Waals surface area contributed by atoms with Crippen LogP contribution >= 0.6 is 11.3 Å². The van der Waals surface area contributed by atoms with Crippen LogP contribution in [-0.4, -0.2) is 74.1 Å². The molecule has 4 aromatic rings. The van der Waals surface area contributed by atoms with Gasteiger partial charge in [-0.15, -0.1) is 11.3 Å². The van der Waals surface area contributed by atoms with E-state index in [2.05, 4.69) is 21.6 Å². The molecule has 1 unspecified atom stereocenters. The Morgan fingerprint density at radius 3 is 2.77 bits per heavy atom. The predicted molar refractivity (Wildman–Crippen MR) is 156 cm³/mol. The van der Waals surface area contributed by atoms with Gasteiger partial charge in [-0.05, 0) is 71.1 Å². The van der Waals surface area contributed by atoms with Crippen molar-refractivity contribution in [3.05, 3.63) is 65.3 Å². The zero-order valence-corrected chi connectivity index (χ0v) is 23.8. The second-order valence-electron chi connectivity index (χ2n) is 10.7. The fourth-order valence-corrected chi connectivity index (χ4v) is 5.69. The van der Waals surface area contributed by atoms with Crippen molar-refractivity contribution in [1.29, 1.82) is 5.26 Å². The third kappa shape index (κ3) is 5.41. The van der Waals surface area contributed by atoms with Gasteiger partial charge in [-0.3, -0.25) is 20.0 Å². The number of likely N-dealkylation sites (N-methyl/N-ethyl adjacent to an activating group) is 1. The van der Waals surface area contributed by atoms with Crippen LogP contribution in [0.3, 0.4) is 0 Å². The number of aromatic nitrogens is 4. The van der Waals surface area contributed by atoms with Gasteiger partial charge >= 0.3 is 0 Å². The van der Waals surface area contributed by atoms with Crippen molar-refractivity contribution >= 4 is 40.1 Å². The molecule has 1 aromatic carbocycles. The van der Waals surface area contributed by atoms with Crippen molar-refractivity contribution < 1.29 is 9.59 Å². The largest absolute Gasteiger partial charge is 0.336 e. The van der Waals surface area contributed by atoms with Gasteiger partial charge < -0.3 is 14.4 Å². The number of anilines is 1. The van der Waals surface area contributed by atoms with Crippen LogP contribution in [0.15, 0.2) is 60.4 Å². The molecule has 1 aliphatic heterocycles.